The molecule has 0 saturated carbocycles. The Morgan fingerprint density at radius 2 is 1.88 bits per heavy atom. The lowest BCUT2D eigenvalue weighted by Gasteiger charge is -2.35. The zero-order valence-electron chi connectivity index (χ0n) is 15.8. The van der Waals surface area contributed by atoms with Gasteiger partial charge in [0.15, 0.2) is 0 Å². The molecule has 0 aromatic heterocycles. The number of rotatable bonds is 3. The van der Waals surface area contributed by atoms with Crippen LogP contribution in [0.4, 0.5) is 0 Å². The van der Waals surface area contributed by atoms with Gasteiger partial charge in [0.05, 0.1) is 0 Å². The molecule has 2 aliphatic rings. The summed E-state index contributed by atoms with van der Waals surface area (Å²) in [5, 5.41) is 3.25. The van der Waals surface area contributed by atoms with Crippen LogP contribution < -0.4 is 5.32 Å². The van der Waals surface area contributed by atoms with Crippen molar-refractivity contribution in [3.8, 4) is 0 Å². The molecule has 1 amide bonds. The molecular formula is C23H28N2O. The number of carbonyl (C=O) groups is 1. The molecule has 1 aliphatic carbocycles. The van der Waals surface area contributed by atoms with Crippen molar-refractivity contribution in [2.24, 2.45) is 5.92 Å². The molecule has 2 aromatic carbocycles. The molecule has 0 radical (unpaired) electrons. The Morgan fingerprint density at radius 1 is 1.08 bits per heavy atom. The number of hydrogen-bond donors (Lipinski definition) is 1. The third-order valence-corrected chi connectivity index (χ3v) is 6.09. The van der Waals surface area contributed by atoms with Gasteiger partial charge in [0.25, 0.3) is 0 Å². The summed E-state index contributed by atoms with van der Waals surface area (Å²) in [6.45, 7) is 3.85. The second kappa shape index (κ2) is 7.24. The largest absolute Gasteiger partial charge is 0.354 e. The summed E-state index contributed by atoms with van der Waals surface area (Å²) in [4.78, 5) is 15.1. The van der Waals surface area contributed by atoms with Crippen molar-refractivity contribution in [2.45, 2.75) is 45.2 Å². The molecule has 2 atom stereocenters. The van der Waals surface area contributed by atoms with Gasteiger partial charge >= 0.3 is 0 Å². The quantitative estimate of drug-likeness (QED) is 0.923. The summed E-state index contributed by atoms with van der Waals surface area (Å²) in [6.07, 6.45) is 3.88. The lowest BCUT2D eigenvalue weighted by Crippen LogP contribution is -2.47. The number of nitrogens with one attached hydrogen (secondary N) is 1. The lowest BCUT2D eigenvalue weighted by atomic mass is 9.83. The maximum absolute atomic E-state index is 12.7. The highest BCUT2D eigenvalue weighted by Crippen LogP contribution is 2.26. The Kier molecular flexibility index (Phi) is 4.82. The van der Waals surface area contributed by atoms with Gasteiger partial charge in [-0.3, -0.25) is 9.69 Å². The maximum Gasteiger partial charge on any atom is 0.223 e. The fraction of sp³-hybridized carbons (Fsp3) is 0.435. The number of nitrogens with zero attached hydrogens (tertiary/aromatic N) is 1. The molecule has 0 fully saturated rings. The molecule has 3 nitrogen and oxygen atoms in total. The average Bonchev–Trinajstić information content (AvgIpc) is 2.66. The van der Waals surface area contributed by atoms with Gasteiger partial charge in [0.2, 0.25) is 5.91 Å². The third kappa shape index (κ3) is 3.54. The molecule has 0 saturated heterocycles. The molecule has 0 bridgehead atoms. The van der Waals surface area contributed by atoms with Crippen molar-refractivity contribution in [1.82, 2.24) is 10.2 Å². The molecule has 0 spiro atoms. The van der Waals surface area contributed by atoms with Gasteiger partial charge in [-0.25, -0.2) is 0 Å². The minimum absolute atomic E-state index is 0.119. The summed E-state index contributed by atoms with van der Waals surface area (Å²) in [6, 6.07) is 15.7. The first-order chi connectivity index (χ1) is 12.6. The molecule has 1 aliphatic heterocycles. The van der Waals surface area contributed by atoms with Crippen molar-refractivity contribution in [2.75, 3.05) is 13.6 Å². The third-order valence-electron chi connectivity index (χ3n) is 6.09. The van der Waals surface area contributed by atoms with Gasteiger partial charge in [-0.1, -0.05) is 48.0 Å². The van der Waals surface area contributed by atoms with Gasteiger partial charge in [0.1, 0.15) is 0 Å². The summed E-state index contributed by atoms with van der Waals surface area (Å²) in [7, 11) is 2.16. The van der Waals surface area contributed by atoms with Crippen molar-refractivity contribution in [1.29, 1.82) is 0 Å². The molecule has 26 heavy (non-hydrogen) atoms. The minimum Gasteiger partial charge on any atom is -0.354 e. The summed E-state index contributed by atoms with van der Waals surface area (Å²) < 4.78 is 0. The van der Waals surface area contributed by atoms with E-state index in [1.54, 1.807) is 0 Å². The van der Waals surface area contributed by atoms with Gasteiger partial charge in [-0.05, 0) is 61.9 Å². The molecule has 136 valence electrons. The van der Waals surface area contributed by atoms with Crippen LogP contribution in [0, 0.1) is 12.8 Å². The molecule has 3 heteroatoms. The molecule has 2 aromatic rings. The summed E-state index contributed by atoms with van der Waals surface area (Å²) in [5.74, 6) is 0.344. The van der Waals surface area contributed by atoms with Gasteiger partial charge < -0.3 is 5.32 Å². The second-order valence-electron chi connectivity index (χ2n) is 8.00. The van der Waals surface area contributed by atoms with Crippen LogP contribution in [0.1, 0.15) is 34.2 Å². The standard InChI is InChI=1S/C23H28N2O/c1-16-7-8-20-15-25(2)22(13-21(20)11-16)14-24-23(26)19-10-9-17-5-3-4-6-18(17)12-19/h3-8,11,19,22H,9-10,12-15H2,1-2H3,(H,24,26). The van der Waals surface area contributed by atoms with E-state index in [9.17, 15) is 4.79 Å². The SMILES string of the molecule is Cc1ccc2c(c1)CC(CNC(=O)C1CCc3ccccc3C1)N(C)C2. The summed E-state index contributed by atoms with van der Waals surface area (Å²) >= 11 is 0. The van der Waals surface area contributed by atoms with E-state index in [4.69, 9.17) is 0 Å². The molecular weight excluding hydrogens is 320 g/mol. The Morgan fingerprint density at radius 3 is 2.73 bits per heavy atom. The van der Waals surface area contributed by atoms with E-state index in [0.29, 0.717) is 6.04 Å². The number of aryl methyl sites for hydroxylation is 2. The van der Waals surface area contributed by atoms with E-state index in [2.05, 4.69) is 66.7 Å². The smallest absolute Gasteiger partial charge is 0.223 e. The van der Waals surface area contributed by atoms with E-state index in [-0.39, 0.29) is 11.8 Å². The van der Waals surface area contributed by atoms with Crippen molar-refractivity contribution >= 4 is 5.91 Å². The number of hydrogen-bond acceptors (Lipinski definition) is 2. The Balaban J connectivity index is 1.36. The zero-order valence-corrected chi connectivity index (χ0v) is 15.8. The normalized spacial score (nSPS) is 22.4. The van der Waals surface area contributed by atoms with Crippen molar-refractivity contribution in [3.05, 3.63) is 70.3 Å². The Labute approximate surface area is 156 Å². The summed E-state index contributed by atoms with van der Waals surface area (Å²) in [5.41, 5.74) is 6.93. The molecule has 4 rings (SSSR count). The predicted octanol–water partition coefficient (Wildman–Crippen LogP) is 3.27. The van der Waals surface area contributed by atoms with Crippen LogP contribution in [0.2, 0.25) is 0 Å². The monoisotopic (exact) mass is 348 g/mol. The van der Waals surface area contributed by atoms with Crippen LogP contribution in [0.3, 0.4) is 0 Å². The van der Waals surface area contributed by atoms with Crippen LogP contribution in [0.5, 0.6) is 0 Å². The van der Waals surface area contributed by atoms with E-state index in [1.807, 2.05) is 0 Å². The second-order valence-corrected chi connectivity index (χ2v) is 8.00. The first kappa shape index (κ1) is 17.3. The fourth-order valence-corrected chi connectivity index (χ4v) is 4.42. The van der Waals surface area contributed by atoms with Crippen LogP contribution in [0.15, 0.2) is 42.5 Å². The fourth-order valence-electron chi connectivity index (χ4n) is 4.42. The minimum atomic E-state index is 0.119. The molecule has 1 N–H and O–H groups in total. The van der Waals surface area contributed by atoms with Crippen LogP contribution in [-0.2, 0) is 30.6 Å². The van der Waals surface area contributed by atoms with Crippen molar-refractivity contribution in [3.63, 3.8) is 0 Å². The Hall–Kier alpha value is -2.13. The van der Waals surface area contributed by atoms with Crippen LogP contribution in [0.25, 0.3) is 0 Å². The van der Waals surface area contributed by atoms with Crippen LogP contribution >= 0.6 is 0 Å². The number of carbonyl (C=O) groups excluding carboxylic acids is 1. The average molecular weight is 348 g/mol. The first-order valence-electron chi connectivity index (χ1n) is 9.73. The zero-order chi connectivity index (χ0) is 18.1. The van der Waals surface area contributed by atoms with E-state index >= 15 is 0 Å². The van der Waals surface area contributed by atoms with Gasteiger partial charge in [-0.15, -0.1) is 0 Å². The van der Waals surface area contributed by atoms with E-state index in [0.717, 1.165) is 38.8 Å². The lowest BCUT2D eigenvalue weighted by molar-refractivity contribution is -0.125. The predicted molar refractivity (Wildman–Crippen MR) is 105 cm³/mol. The van der Waals surface area contributed by atoms with Gasteiger partial charge in [-0.2, -0.15) is 0 Å². The van der Waals surface area contributed by atoms with Gasteiger partial charge in [0, 0.05) is 25.0 Å². The first-order valence-corrected chi connectivity index (χ1v) is 9.73. The number of likely N-dealkylation sites (N-methyl/N-ethyl adjacent to an activating group) is 1. The van der Waals surface area contributed by atoms with E-state index < -0.39 is 0 Å². The maximum atomic E-state index is 12.7. The highest BCUT2D eigenvalue weighted by atomic mass is 16.1. The highest BCUT2D eigenvalue weighted by Gasteiger charge is 2.27. The number of fused-ring (bicyclic) bond motifs is 2. The number of benzene rings is 2. The van der Waals surface area contributed by atoms with E-state index in [1.165, 1.54) is 27.8 Å². The highest BCUT2D eigenvalue weighted by molar-refractivity contribution is 5.79. The molecule has 1 heterocycles. The molecule has 2 unspecified atom stereocenters. The Bertz CT molecular complexity index is 814. The van der Waals surface area contributed by atoms with Crippen LogP contribution in [-0.4, -0.2) is 30.4 Å². The topological polar surface area (TPSA) is 32.3 Å². The van der Waals surface area contributed by atoms with Crippen molar-refractivity contribution < 1.29 is 4.79 Å². The number of amides is 1.